The van der Waals surface area contributed by atoms with Crippen LogP contribution in [0.25, 0.3) is 16.6 Å². The predicted octanol–water partition coefficient (Wildman–Crippen LogP) is 1.96. The van der Waals surface area contributed by atoms with Crippen LogP contribution in [-0.4, -0.2) is 45.4 Å². The lowest BCUT2D eigenvalue weighted by atomic mass is 10.1. The highest BCUT2D eigenvalue weighted by atomic mass is 32.2. The Hall–Kier alpha value is -2.61. The minimum atomic E-state index is -0.449. The number of pyridine rings is 1. The number of esters is 1. The fraction of sp³-hybridized carbons (Fsp3) is 0.294. The van der Waals surface area contributed by atoms with E-state index >= 15 is 0 Å². The minimum absolute atomic E-state index is 0.129. The van der Waals surface area contributed by atoms with Crippen molar-refractivity contribution in [2.45, 2.75) is 19.0 Å². The Morgan fingerprint density at radius 3 is 2.88 bits per heavy atom. The molecule has 2 heterocycles. The number of fused-ring (bicyclic) bond motifs is 3. The third-order valence-electron chi connectivity index (χ3n) is 3.60. The summed E-state index contributed by atoms with van der Waals surface area (Å²) in [5.41, 5.74) is 2.78. The molecule has 3 rings (SSSR count). The Bertz CT molecular complexity index is 938. The number of para-hydroxylation sites is 1. The van der Waals surface area contributed by atoms with Gasteiger partial charge in [0.1, 0.15) is 6.54 Å². The van der Waals surface area contributed by atoms with Crippen LogP contribution in [0.15, 0.2) is 35.5 Å². The lowest BCUT2D eigenvalue weighted by molar-refractivity contribution is -0.143. The number of thioether (sulfide) groups is 1. The molecule has 0 radical (unpaired) electrons. The summed E-state index contributed by atoms with van der Waals surface area (Å²) in [7, 11) is 0. The average Bonchev–Trinajstić information content (AvgIpc) is 3.03. The Kier molecular flexibility index (Phi) is 5.18. The van der Waals surface area contributed by atoms with Crippen LogP contribution < -0.4 is 5.32 Å². The number of benzene rings is 1. The first-order valence-electron chi connectivity index (χ1n) is 7.88. The van der Waals surface area contributed by atoms with Crippen LogP contribution >= 0.6 is 11.8 Å². The molecule has 1 N–H and O–H groups in total. The normalized spacial score (nSPS) is 11.0. The number of nitrogens with zero attached hydrogens (tertiary/aromatic N) is 3. The van der Waals surface area contributed by atoms with Gasteiger partial charge in [-0.15, -0.1) is 10.2 Å². The Balaban J connectivity index is 1.76. The fourth-order valence-corrected chi connectivity index (χ4v) is 3.29. The number of aryl methyl sites for hydroxylation is 1. The number of nitrogens with one attached hydrogen (secondary N) is 1. The van der Waals surface area contributed by atoms with Gasteiger partial charge in [0.05, 0.1) is 17.9 Å². The molecule has 0 spiro atoms. The zero-order valence-electron chi connectivity index (χ0n) is 14.0. The van der Waals surface area contributed by atoms with Crippen molar-refractivity contribution in [1.29, 1.82) is 0 Å². The Labute approximate surface area is 148 Å². The van der Waals surface area contributed by atoms with Gasteiger partial charge in [-0.05, 0) is 36.9 Å². The van der Waals surface area contributed by atoms with Crippen molar-refractivity contribution >= 4 is 40.2 Å². The summed E-state index contributed by atoms with van der Waals surface area (Å²) in [4.78, 5) is 23.2. The van der Waals surface area contributed by atoms with Gasteiger partial charge in [-0.3, -0.25) is 14.0 Å². The quantitative estimate of drug-likeness (QED) is 0.536. The van der Waals surface area contributed by atoms with Crippen LogP contribution in [0.1, 0.15) is 12.5 Å². The summed E-state index contributed by atoms with van der Waals surface area (Å²) in [5, 5.41) is 12.7. The van der Waals surface area contributed by atoms with Gasteiger partial charge in [-0.1, -0.05) is 30.0 Å². The monoisotopic (exact) mass is 358 g/mol. The number of ether oxygens (including phenoxy) is 1. The van der Waals surface area contributed by atoms with Crippen LogP contribution in [0, 0.1) is 6.92 Å². The van der Waals surface area contributed by atoms with Gasteiger partial charge in [-0.2, -0.15) is 0 Å². The van der Waals surface area contributed by atoms with E-state index in [1.807, 2.05) is 35.6 Å². The zero-order valence-corrected chi connectivity index (χ0v) is 14.8. The smallest absolute Gasteiger partial charge is 0.325 e. The van der Waals surface area contributed by atoms with E-state index in [4.69, 9.17) is 4.74 Å². The topological polar surface area (TPSA) is 85.6 Å². The minimum Gasteiger partial charge on any atom is -0.465 e. The van der Waals surface area contributed by atoms with E-state index in [0.717, 1.165) is 22.1 Å². The molecule has 0 saturated carbocycles. The Morgan fingerprint density at radius 1 is 1.28 bits per heavy atom. The molecule has 1 aromatic carbocycles. The first-order valence-corrected chi connectivity index (χ1v) is 8.87. The van der Waals surface area contributed by atoms with Gasteiger partial charge in [0.2, 0.25) is 5.91 Å². The highest BCUT2D eigenvalue weighted by Gasteiger charge is 2.14. The van der Waals surface area contributed by atoms with Crippen molar-refractivity contribution in [3.05, 3.63) is 35.9 Å². The first kappa shape index (κ1) is 17.2. The summed E-state index contributed by atoms with van der Waals surface area (Å²) >= 11 is 1.28. The molecule has 0 unspecified atom stereocenters. The summed E-state index contributed by atoms with van der Waals surface area (Å²) < 4.78 is 6.73. The summed E-state index contributed by atoms with van der Waals surface area (Å²) in [6, 6.07) is 10.0. The van der Waals surface area contributed by atoms with Crippen LogP contribution in [0.3, 0.4) is 0 Å². The molecule has 25 heavy (non-hydrogen) atoms. The second-order valence-electron chi connectivity index (χ2n) is 5.40. The number of carbonyl (C=O) groups excluding carboxylic acids is 2. The number of rotatable bonds is 6. The van der Waals surface area contributed by atoms with E-state index in [1.54, 1.807) is 6.92 Å². The van der Waals surface area contributed by atoms with Gasteiger partial charge >= 0.3 is 5.97 Å². The highest BCUT2D eigenvalue weighted by molar-refractivity contribution is 7.99. The van der Waals surface area contributed by atoms with Crippen molar-refractivity contribution in [3.63, 3.8) is 0 Å². The number of hydrogen-bond donors (Lipinski definition) is 1. The maximum Gasteiger partial charge on any atom is 0.325 e. The number of hydrogen-bond acceptors (Lipinski definition) is 6. The standard InChI is InChI=1S/C17H18N4O3S/c1-3-24-15(23)9-18-14(22)10-25-17-20-19-16-11(2)8-12-6-4-5-7-13(12)21(16)17/h4-8H,3,9-10H2,1-2H3,(H,18,22). The first-order chi connectivity index (χ1) is 12.1. The SMILES string of the molecule is CCOC(=O)CNC(=O)CSc1nnc2c(C)cc3ccccc3n12. The van der Waals surface area contributed by atoms with Crippen molar-refractivity contribution in [1.82, 2.24) is 19.9 Å². The molecule has 0 aliphatic heterocycles. The zero-order chi connectivity index (χ0) is 17.8. The van der Waals surface area contributed by atoms with Crippen LogP contribution in [-0.2, 0) is 14.3 Å². The van der Waals surface area contributed by atoms with E-state index < -0.39 is 5.97 Å². The van der Waals surface area contributed by atoms with Crippen LogP contribution in [0.5, 0.6) is 0 Å². The van der Waals surface area contributed by atoms with E-state index in [9.17, 15) is 9.59 Å². The molecule has 0 atom stereocenters. The maximum absolute atomic E-state index is 11.9. The maximum atomic E-state index is 11.9. The molecule has 0 aliphatic rings. The number of amides is 1. The third-order valence-corrected chi connectivity index (χ3v) is 4.53. The highest BCUT2D eigenvalue weighted by Crippen LogP contribution is 2.25. The molecule has 130 valence electrons. The second kappa shape index (κ2) is 7.52. The number of aromatic nitrogens is 3. The predicted molar refractivity (Wildman–Crippen MR) is 95.6 cm³/mol. The molecule has 2 aromatic heterocycles. The third kappa shape index (κ3) is 3.74. The van der Waals surface area contributed by atoms with Crippen molar-refractivity contribution < 1.29 is 14.3 Å². The lowest BCUT2D eigenvalue weighted by Crippen LogP contribution is -2.31. The Morgan fingerprint density at radius 2 is 2.08 bits per heavy atom. The summed E-state index contributed by atoms with van der Waals surface area (Å²) in [6.07, 6.45) is 0. The largest absolute Gasteiger partial charge is 0.465 e. The van der Waals surface area contributed by atoms with Gasteiger partial charge in [0, 0.05) is 0 Å². The van der Waals surface area contributed by atoms with Crippen LogP contribution in [0.4, 0.5) is 0 Å². The van der Waals surface area contributed by atoms with Gasteiger partial charge < -0.3 is 10.1 Å². The fourth-order valence-electron chi connectivity index (χ4n) is 2.51. The molecular formula is C17H18N4O3S. The molecule has 0 fully saturated rings. The number of carbonyl (C=O) groups is 2. The van der Waals surface area contributed by atoms with Crippen LogP contribution in [0.2, 0.25) is 0 Å². The van der Waals surface area contributed by atoms with Crippen molar-refractivity contribution in [2.75, 3.05) is 18.9 Å². The van der Waals surface area contributed by atoms with Gasteiger partial charge in [-0.25, -0.2) is 0 Å². The molecule has 3 aromatic rings. The van der Waals surface area contributed by atoms with E-state index in [1.165, 1.54) is 11.8 Å². The summed E-state index contributed by atoms with van der Waals surface area (Å²) in [5.74, 6) is -0.565. The second-order valence-corrected chi connectivity index (χ2v) is 6.34. The average molecular weight is 358 g/mol. The molecule has 0 aliphatic carbocycles. The molecule has 7 nitrogen and oxygen atoms in total. The van der Waals surface area contributed by atoms with Gasteiger partial charge in [0.15, 0.2) is 10.8 Å². The lowest BCUT2D eigenvalue weighted by Gasteiger charge is -2.07. The molecule has 0 saturated heterocycles. The van der Waals surface area contributed by atoms with Crippen molar-refractivity contribution in [3.8, 4) is 0 Å². The molecule has 0 bridgehead atoms. The van der Waals surface area contributed by atoms with E-state index in [-0.39, 0.29) is 18.2 Å². The molecule has 1 amide bonds. The van der Waals surface area contributed by atoms with Gasteiger partial charge in [0.25, 0.3) is 0 Å². The molecule has 8 heteroatoms. The molecular weight excluding hydrogens is 340 g/mol. The van der Waals surface area contributed by atoms with E-state index in [0.29, 0.717) is 11.8 Å². The van der Waals surface area contributed by atoms with E-state index in [2.05, 4.69) is 21.6 Å². The van der Waals surface area contributed by atoms with Crippen molar-refractivity contribution in [2.24, 2.45) is 0 Å². The summed E-state index contributed by atoms with van der Waals surface area (Å²) in [6.45, 7) is 3.87.